The van der Waals surface area contributed by atoms with Gasteiger partial charge in [0.1, 0.15) is 17.0 Å². The molecule has 0 saturated carbocycles. The van der Waals surface area contributed by atoms with Gasteiger partial charge in [-0.3, -0.25) is 4.79 Å². The van der Waals surface area contributed by atoms with E-state index in [4.69, 9.17) is 14.6 Å². The summed E-state index contributed by atoms with van der Waals surface area (Å²) in [7, 11) is 2.84. The number of aromatic nitrogens is 3. The first-order chi connectivity index (χ1) is 12.6. The lowest BCUT2D eigenvalue weighted by Gasteiger charge is -2.10. The van der Waals surface area contributed by atoms with Crippen LogP contribution in [0.1, 0.15) is 16.8 Å². The summed E-state index contributed by atoms with van der Waals surface area (Å²) < 4.78 is 12.9. The molecule has 2 aliphatic heterocycles. The van der Waals surface area contributed by atoms with Crippen molar-refractivity contribution < 1.29 is 19.4 Å². The molecular weight excluding hydrogens is 338 g/mol. The lowest BCUT2D eigenvalue weighted by Crippen LogP contribution is -2.15. The molecule has 0 fully saturated rings. The van der Waals surface area contributed by atoms with E-state index in [-0.39, 0.29) is 23.4 Å². The van der Waals surface area contributed by atoms with Crippen LogP contribution >= 0.6 is 0 Å². The lowest BCUT2D eigenvalue weighted by molar-refractivity contribution is 0.0600. The molecule has 3 rings (SSSR count). The Hall–Kier alpha value is -3.13. The molecule has 0 amide bonds. The van der Waals surface area contributed by atoms with Gasteiger partial charge in [-0.2, -0.15) is 9.78 Å². The van der Waals surface area contributed by atoms with Crippen LogP contribution < -0.4 is 10.3 Å². The van der Waals surface area contributed by atoms with Crippen molar-refractivity contribution in [3.05, 3.63) is 52.6 Å². The van der Waals surface area contributed by atoms with E-state index in [0.29, 0.717) is 30.0 Å². The summed E-state index contributed by atoms with van der Waals surface area (Å²) in [4.78, 5) is 25.0. The molecule has 0 unspecified atom stereocenters. The van der Waals surface area contributed by atoms with Crippen LogP contribution in [0.4, 0.5) is 0 Å². The Morgan fingerprint density at radius 3 is 2.54 bits per heavy atom. The van der Waals surface area contributed by atoms with Crippen molar-refractivity contribution in [1.82, 2.24) is 14.3 Å². The number of carbonyl (C=O) groups is 1. The van der Waals surface area contributed by atoms with Crippen LogP contribution in [0.3, 0.4) is 0 Å². The highest BCUT2D eigenvalue weighted by atomic mass is 16.5. The van der Waals surface area contributed by atoms with E-state index < -0.39 is 5.97 Å². The fraction of sp³-hybridized carbons (Fsp3) is 0.278. The molecule has 0 aliphatic carbocycles. The Kier molecular flexibility index (Phi) is 5.04. The Bertz CT molecular complexity index is 943. The number of nitrogens with zero attached hydrogens (tertiary/aromatic N) is 3. The van der Waals surface area contributed by atoms with E-state index in [1.165, 1.54) is 11.8 Å². The molecule has 26 heavy (non-hydrogen) atoms. The Morgan fingerprint density at radius 1 is 1.19 bits per heavy atom. The maximum Gasteiger partial charge on any atom is 0.341 e. The molecule has 0 saturated heterocycles. The van der Waals surface area contributed by atoms with Gasteiger partial charge in [0.2, 0.25) is 0 Å². The van der Waals surface area contributed by atoms with Crippen LogP contribution in [0.15, 0.2) is 41.5 Å². The highest BCUT2D eigenvalue weighted by Gasteiger charge is 2.24. The second-order valence-electron chi connectivity index (χ2n) is 5.66. The zero-order valence-electron chi connectivity index (χ0n) is 14.5. The summed E-state index contributed by atoms with van der Waals surface area (Å²) in [6.45, 7) is 0.470. The third kappa shape index (κ3) is 3.18. The molecule has 0 spiro atoms. The second-order valence-corrected chi connectivity index (χ2v) is 5.66. The number of aliphatic hydroxyl groups is 1. The SMILES string of the molecule is COC(=O)c1cn(CCCO)cc2c(=O)n(-c3ccc(OC)cc3)nc1-2. The number of esters is 1. The number of fused-ring (bicyclic) bond motifs is 1. The number of aliphatic hydroxyl groups excluding tert-OH is 1. The minimum absolute atomic E-state index is 0.00787. The number of ether oxygens (including phenoxy) is 2. The molecule has 2 heterocycles. The monoisotopic (exact) mass is 357 g/mol. The van der Waals surface area contributed by atoms with Crippen LogP contribution in [-0.4, -0.2) is 46.2 Å². The lowest BCUT2D eigenvalue weighted by atomic mass is 10.1. The van der Waals surface area contributed by atoms with E-state index in [0.717, 1.165) is 0 Å². The minimum atomic E-state index is -0.576. The fourth-order valence-corrected chi connectivity index (χ4v) is 2.70. The molecule has 8 nitrogen and oxygen atoms in total. The molecule has 0 bridgehead atoms. The molecule has 0 atom stereocenters. The zero-order valence-corrected chi connectivity index (χ0v) is 14.5. The minimum Gasteiger partial charge on any atom is -0.497 e. The second kappa shape index (κ2) is 7.40. The standard InChI is InChI=1S/C18H19N3O5/c1-25-13-6-4-12(5-7-13)21-17(23)14-10-20(8-3-9-22)11-15(16(14)19-21)18(24)26-2/h4-7,10-11,22H,3,8-9H2,1-2H3. The van der Waals surface area contributed by atoms with Crippen LogP contribution in [0.25, 0.3) is 16.9 Å². The topological polar surface area (TPSA) is 95.6 Å². The first kappa shape index (κ1) is 17.7. The quantitative estimate of drug-likeness (QED) is 0.669. The molecule has 1 aromatic rings. The number of rotatable bonds is 6. The maximum absolute atomic E-state index is 12.8. The van der Waals surface area contributed by atoms with Crippen molar-refractivity contribution in [3.8, 4) is 22.7 Å². The molecule has 0 aromatic heterocycles. The number of hydrogen-bond donors (Lipinski definition) is 1. The van der Waals surface area contributed by atoms with Crippen LogP contribution in [0.2, 0.25) is 0 Å². The van der Waals surface area contributed by atoms with E-state index >= 15 is 0 Å². The molecule has 1 aromatic carbocycles. The molecule has 1 N–H and O–H groups in total. The largest absolute Gasteiger partial charge is 0.497 e. The maximum atomic E-state index is 12.8. The predicted octanol–water partition coefficient (Wildman–Crippen LogP) is 1.32. The van der Waals surface area contributed by atoms with Crippen molar-refractivity contribution in [2.24, 2.45) is 0 Å². The number of benzene rings is 1. The van der Waals surface area contributed by atoms with Gasteiger partial charge in [-0.25, -0.2) is 4.79 Å². The van der Waals surface area contributed by atoms with Crippen LogP contribution in [-0.2, 0) is 11.3 Å². The number of methoxy groups -OCH3 is 2. The van der Waals surface area contributed by atoms with Gasteiger partial charge >= 0.3 is 5.97 Å². The van der Waals surface area contributed by atoms with E-state index in [1.54, 1.807) is 48.3 Å². The highest BCUT2D eigenvalue weighted by Crippen LogP contribution is 2.23. The van der Waals surface area contributed by atoms with Gasteiger partial charge in [0.05, 0.1) is 25.5 Å². The number of carbonyl (C=O) groups excluding carboxylic acids is 1. The van der Waals surface area contributed by atoms with Gasteiger partial charge < -0.3 is 19.1 Å². The fourth-order valence-electron chi connectivity index (χ4n) is 2.70. The Balaban J connectivity index is 2.17. The Labute approximate surface area is 149 Å². The molecule has 8 heteroatoms. The van der Waals surface area contributed by atoms with Gasteiger partial charge in [-0.1, -0.05) is 0 Å². The summed E-state index contributed by atoms with van der Waals surface area (Å²) in [5, 5.41) is 13.4. The smallest absolute Gasteiger partial charge is 0.341 e. The van der Waals surface area contributed by atoms with Crippen LogP contribution in [0, 0.1) is 0 Å². The van der Waals surface area contributed by atoms with Crippen LogP contribution in [0.5, 0.6) is 5.75 Å². The highest BCUT2D eigenvalue weighted by molar-refractivity contribution is 5.96. The van der Waals surface area contributed by atoms with Gasteiger partial charge in [-0.15, -0.1) is 0 Å². The number of hydrogen-bond acceptors (Lipinski definition) is 6. The molecule has 0 radical (unpaired) electrons. The van der Waals surface area contributed by atoms with Gasteiger partial charge in [-0.05, 0) is 30.7 Å². The number of aryl methyl sites for hydroxylation is 1. The zero-order chi connectivity index (χ0) is 18.7. The third-order valence-electron chi connectivity index (χ3n) is 4.02. The summed E-state index contributed by atoms with van der Waals surface area (Å²) in [5.74, 6) is 0.0859. The van der Waals surface area contributed by atoms with Gasteiger partial charge in [0.15, 0.2) is 0 Å². The summed E-state index contributed by atoms with van der Waals surface area (Å²) >= 11 is 0. The first-order valence-electron chi connectivity index (χ1n) is 8.05. The van der Waals surface area contributed by atoms with Crippen molar-refractivity contribution in [2.45, 2.75) is 13.0 Å². The van der Waals surface area contributed by atoms with Crippen molar-refractivity contribution >= 4 is 5.97 Å². The van der Waals surface area contributed by atoms with Crippen molar-refractivity contribution in [2.75, 3.05) is 20.8 Å². The summed E-state index contributed by atoms with van der Waals surface area (Å²) in [6, 6.07) is 6.88. The predicted molar refractivity (Wildman–Crippen MR) is 94.0 cm³/mol. The third-order valence-corrected chi connectivity index (χ3v) is 4.02. The van der Waals surface area contributed by atoms with Crippen molar-refractivity contribution in [3.63, 3.8) is 0 Å². The average molecular weight is 357 g/mol. The van der Waals surface area contributed by atoms with E-state index in [1.807, 2.05) is 0 Å². The molecule has 2 aliphatic rings. The van der Waals surface area contributed by atoms with E-state index in [9.17, 15) is 9.59 Å². The van der Waals surface area contributed by atoms with Gasteiger partial charge in [0, 0.05) is 25.5 Å². The van der Waals surface area contributed by atoms with Gasteiger partial charge in [0.25, 0.3) is 5.56 Å². The first-order valence-corrected chi connectivity index (χ1v) is 8.05. The number of pyridine rings is 1. The molecular formula is C18H19N3O5. The molecule has 136 valence electrons. The van der Waals surface area contributed by atoms with Crippen molar-refractivity contribution in [1.29, 1.82) is 0 Å². The van der Waals surface area contributed by atoms with E-state index in [2.05, 4.69) is 5.10 Å². The Morgan fingerprint density at radius 2 is 1.92 bits per heavy atom. The summed E-state index contributed by atoms with van der Waals surface area (Å²) in [5.41, 5.74) is 1.00. The summed E-state index contributed by atoms with van der Waals surface area (Å²) in [6.07, 6.45) is 3.71. The normalized spacial score (nSPS) is 10.9. The average Bonchev–Trinajstić information content (AvgIpc) is 3.02.